The van der Waals surface area contributed by atoms with E-state index in [9.17, 15) is 25.0 Å². The third-order valence-electron chi connectivity index (χ3n) is 3.15. The highest BCUT2D eigenvalue weighted by Crippen LogP contribution is 2.23. The van der Waals surface area contributed by atoms with Gasteiger partial charge >= 0.3 is 5.63 Å². The molecule has 1 aromatic heterocycles. The van der Waals surface area contributed by atoms with Gasteiger partial charge in [-0.05, 0) is 18.2 Å². The third kappa shape index (κ3) is 2.62. The van der Waals surface area contributed by atoms with Crippen LogP contribution < -0.4 is 5.63 Å². The molecule has 0 unspecified atom stereocenters. The van der Waals surface area contributed by atoms with Crippen LogP contribution in [0.2, 0.25) is 0 Å². The standard InChI is InChI=1S/C14H7N3O6/c18-14-11-7-10(17(21)22)5-6-12(11)15-13(23-14)8-1-3-9(4-2-8)16(19)20/h1-7H. The molecule has 0 amide bonds. The molecule has 3 rings (SSSR count). The van der Waals surface area contributed by atoms with Crippen molar-refractivity contribution in [3.63, 3.8) is 0 Å². The van der Waals surface area contributed by atoms with Gasteiger partial charge in [-0.1, -0.05) is 0 Å². The minimum atomic E-state index is -0.771. The summed E-state index contributed by atoms with van der Waals surface area (Å²) in [5.74, 6) is -0.0220. The SMILES string of the molecule is O=c1oc(-c2ccc([N+](=O)[O-])cc2)nc2ccc([N+](=O)[O-])cc12. The monoisotopic (exact) mass is 313 g/mol. The minimum Gasteiger partial charge on any atom is -0.403 e. The molecule has 0 atom stereocenters. The number of aromatic nitrogens is 1. The molecule has 2 aromatic carbocycles. The van der Waals surface area contributed by atoms with Gasteiger partial charge in [0.1, 0.15) is 0 Å². The van der Waals surface area contributed by atoms with Crippen LogP contribution in [-0.4, -0.2) is 14.8 Å². The second-order valence-corrected chi connectivity index (χ2v) is 4.57. The molecule has 0 radical (unpaired) electrons. The quantitative estimate of drug-likeness (QED) is 0.536. The summed E-state index contributed by atoms with van der Waals surface area (Å²) < 4.78 is 5.05. The zero-order valence-corrected chi connectivity index (χ0v) is 11.3. The van der Waals surface area contributed by atoms with Crippen LogP contribution in [-0.2, 0) is 0 Å². The lowest BCUT2D eigenvalue weighted by Gasteiger charge is -2.01. The summed E-state index contributed by atoms with van der Waals surface area (Å²) in [4.78, 5) is 36.3. The van der Waals surface area contributed by atoms with Crippen LogP contribution in [0, 0.1) is 20.2 Å². The van der Waals surface area contributed by atoms with E-state index in [0.29, 0.717) is 5.56 Å². The van der Waals surface area contributed by atoms with Gasteiger partial charge in [-0.3, -0.25) is 20.2 Å². The highest BCUT2D eigenvalue weighted by molar-refractivity contribution is 5.81. The summed E-state index contributed by atoms with van der Waals surface area (Å²) in [6.45, 7) is 0. The Kier molecular flexibility index (Phi) is 3.30. The van der Waals surface area contributed by atoms with Gasteiger partial charge in [-0.2, -0.15) is 0 Å². The highest BCUT2D eigenvalue weighted by atomic mass is 16.6. The Morgan fingerprint density at radius 1 is 0.913 bits per heavy atom. The number of nitro benzene ring substituents is 2. The van der Waals surface area contributed by atoms with Crippen molar-refractivity contribution < 1.29 is 14.3 Å². The van der Waals surface area contributed by atoms with Gasteiger partial charge in [0.25, 0.3) is 11.4 Å². The lowest BCUT2D eigenvalue weighted by atomic mass is 10.2. The predicted octanol–water partition coefficient (Wildman–Crippen LogP) is 2.67. The van der Waals surface area contributed by atoms with Gasteiger partial charge in [0.2, 0.25) is 5.89 Å². The van der Waals surface area contributed by atoms with Crippen LogP contribution in [0.3, 0.4) is 0 Å². The summed E-state index contributed by atoms with van der Waals surface area (Å²) >= 11 is 0. The number of hydrogen-bond acceptors (Lipinski definition) is 7. The summed E-state index contributed by atoms with van der Waals surface area (Å²) in [6.07, 6.45) is 0. The van der Waals surface area contributed by atoms with E-state index in [-0.39, 0.29) is 28.2 Å². The molecule has 0 saturated carbocycles. The molecule has 0 N–H and O–H groups in total. The molecule has 0 saturated heterocycles. The van der Waals surface area contributed by atoms with Crippen molar-refractivity contribution in [2.24, 2.45) is 0 Å². The predicted molar refractivity (Wildman–Crippen MR) is 79.0 cm³/mol. The van der Waals surface area contributed by atoms with Crippen molar-refractivity contribution in [2.75, 3.05) is 0 Å². The minimum absolute atomic E-state index is 0.00939. The Morgan fingerprint density at radius 2 is 1.52 bits per heavy atom. The maximum atomic E-state index is 12.0. The van der Waals surface area contributed by atoms with Gasteiger partial charge in [-0.25, -0.2) is 9.78 Å². The Morgan fingerprint density at radius 3 is 2.13 bits per heavy atom. The summed E-state index contributed by atoms with van der Waals surface area (Å²) in [5, 5.41) is 21.3. The lowest BCUT2D eigenvalue weighted by molar-refractivity contribution is -0.385. The zero-order valence-electron chi connectivity index (χ0n) is 11.3. The maximum Gasteiger partial charge on any atom is 0.347 e. The fourth-order valence-corrected chi connectivity index (χ4v) is 2.02. The van der Waals surface area contributed by atoms with Crippen LogP contribution in [0.15, 0.2) is 51.7 Å². The number of hydrogen-bond donors (Lipinski definition) is 0. The van der Waals surface area contributed by atoms with Crippen LogP contribution in [0.1, 0.15) is 0 Å². The zero-order chi connectivity index (χ0) is 16.6. The van der Waals surface area contributed by atoms with Crippen molar-refractivity contribution in [2.45, 2.75) is 0 Å². The number of fused-ring (bicyclic) bond motifs is 1. The van der Waals surface area contributed by atoms with E-state index >= 15 is 0 Å². The fourth-order valence-electron chi connectivity index (χ4n) is 2.02. The van der Waals surface area contributed by atoms with Crippen molar-refractivity contribution in [1.82, 2.24) is 4.98 Å². The number of nitro groups is 2. The molecule has 0 aliphatic carbocycles. The van der Waals surface area contributed by atoms with Crippen LogP contribution >= 0.6 is 0 Å². The Labute approximate surface area is 127 Å². The third-order valence-corrected chi connectivity index (χ3v) is 3.15. The largest absolute Gasteiger partial charge is 0.403 e. The van der Waals surface area contributed by atoms with Crippen LogP contribution in [0.4, 0.5) is 11.4 Å². The molecule has 9 nitrogen and oxygen atoms in total. The van der Waals surface area contributed by atoms with Crippen LogP contribution in [0.25, 0.3) is 22.4 Å². The lowest BCUT2D eigenvalue weighted by Crippen LogP contribution is -2.03. The summed E-state index contributed by atoms with van der Waals surface area (Å²) in [7, 11) is 0. The van der Waals surface area contributed by atoms with Gasteiger partial charge in [0.15, 0.2) is 0 Å². The van der Waals surface area contributed by atoms with Crippen molar-refractivity contribution >= 4 is 22.3 Å². The molecule has 0 fully saturated rings. The van der Waals surface area contributed by atoms with Crippen LogP contribution in [0.5, 0.6) is 0 Å². The summed E-state index contributed by atoms with van der Waals surface area (Å²) in [5.41, 5.74) is -0.498. The van der Waals surface area contributed by atoms with Gasteiger partial charge in [0.05, 0.1) is 20.7 Å². The molecule has 9 heteroatoms. The molecule has 3 aromatic rings. The molecular formula is C14H7N3O6. The fraction of sp³-hybridized carbons (Fsp3) is 0. The first kappa shape index (κ1) is 14.3. The van der Waals surface area contributed by atoms with Gasteiger partial charge in [0, 0.05) is 29.8 Å². The second kappa shape index (κ2) is 5.30. The molecule has 23 heavy (non-hydrogen) atoms. The molecule has 0 spiro atoms. The van der Waals surface area contributed by atoms with E-state index in [1.165, 1.54) is 36.4 Å². The van der Waals surface area contributed by atoms with Crippen molar-refractivity contribution in [3.8, 4) is 11.5 Å². The van der Waals surface area contributed by atoms with E-state index in [4.69, 9.17) is 4.42 Å². The molecular weight excluding hydrogens is 306 g/mol. The Balaban J connectivity index is 2.12. The molecule has 0 aliphatic heterocycles. The van der Waals surface area contributed by atoms with Crippen molar-refractivity contribution in [3.05, 3.63) is 73.1 Å². The van der Waals surface area contributed by atoms with E-state index < -0.39 is 15.5 Å². The number of non-ortho nitro benzene ring substituents is 2. The van der Waals surface area contributed by atoms with Gasteiger partial charge < -0.3 is 4.42 Å². The van der Waals surface area contributed by atoms with Crippen molar-refractivity contribution in [1.29, 1.82) is 0 Å². The first-order valence-corrected chi connectivity index (χ1v) is 6.30. The summed E-state index contributed by atoms with van der Waals surface area (Å²) in [6, 6.07) is 9.00. The highest BCUT2D eigenvalue weighted by Gasteiger charge is 2.14. The first-order chi connectivity index (χ1) is 11.0. The number of nitrogens with zero attached hydrogens (tertiary/aromatic N) is 3. The molecule has 0 aliphatic rings. The average molecular weight is 313 g/mol. The second-order valence-electron chi connectivity index (χ2n) is 4.57. The molecule has 1 heterocycles. The first-order valence-electron chi connectivity index (χ1n) is 6.30. The maximum absolute atomic E-state index is 12.0. The average Bonchev–Trinajstić information content (AvgIpc) is 2.54. The van der Waals surface area contributed by atoms with E-state index in [1.54, 1.807) is 0 Å². The van der Waals surface area contributed by atoms with E-state index in [0.717, 1.165) is 6.07 Å². The van der Waals surface area contributed by atoms with Gasteiger partial charge in [-0.15, -0.1) is 0 Å². The molecule has 114 valence electrons. The van der Waals surface area contributed by atoms with E-state index in [2.05, 4.69) is 4.98 Å². The number of rotatable bonds is 3. The smallest absolute Gasteiger partial charge is 0.347 e. The normalized spacial score (nSPS) is 10.6. The Hall–Kier alpha value is -3.62. The van der Waals surface area contributed by atoms with E-state index in [1.807, 2.05) is 0 Å². The Bertz CT molecular complexity index is 994. The topological polar surface area (TPSA) is 129 Å². The molecule has 0 bridgehead atoms. The number of benzene rings is 2.